The van der Waals surface area contributed by atoms with Gasteiger partial charge in [-0.05, 0) is 18.9 Å². The molecule has 0 radical (unpaired) electrons. The Morgan fingerprint density at radius 3 is 2.62 bits per heavy atom. The van der Waals surface area contributed by atoms with Crippen LogP contribution in [-0.2, 0) is 0 Å². The summed E-state index contributed by atoms with van der Waals surface area (Å²) in [5, 5.41) is 0. The van der Waals surface area contributed by atoms with Gasteiger partial charge in [0.05, 0.1) is 0 Å². The molecule has 0 aliphatic heterocycles. The lowest BCUT2D eigenvalue weighted by Gasteiger charge is -2.12. The molecule has 0 N–H and O–H groups in total. The Kier molecular flexibility index (Phi) is 6.98. The third-order valence-electron chi connectivity index (χ3n) is 1.66. The summed E-state index contributed by atoms with van der Waals surface area (Å²) in [7, 11) is 4.00. The highest BCUT2D eigenvalue weighted by Crippen LogP contribution is 2.04. The van der Waals surface area contributed by atoms with Crippen LogP contribution in [0.4, 0.5) is 0 Å². The highest BCUT2D eigenvalue weighted by molar-refractivity contribution is 5.71. The maximum atomic E-state index is 4.26. The Labute approximate surface area is 81.7 Å². The van der Waals surface area contributed by atoms with Gasteiger partial charge >= 0.3 is 0 Å². The molecule has 0 fully saturated rings. The van der Waals surface area contributed by atoms with Gasteiger partial charge in [0.25, 0.3) is 0 Å². The summed E-state index contributed by atoms with van der Waals surface area (Å²) in [6.07, 6.45) is 9.11. The molecule has 0 heterocycles. The average Bonchev–Trinajstić information content (AvgIpc) is 2.10. The predicted octanol–water partition coefficient (Wildman–Crippen LogP) is 2.84. The maximum Gasteiger partial charge on any atom is 0.123 e. The molecular weight excluding hydrogens is 160 g/mol. The van der Waals surface area contributed by atoms with E-state index >= 15 is 0 Å². The van der Waals surface area contributed by atoms with Gasteiger partial charge in [-0.25, -0.2) is 4.99 Å². The van der Waals surface area contributed by atoms with Gasteiger partial charge < -0.3 is 4.90 Å². The predicted molar refractivity (Wildman–Crippen MR) is 60.0 cm³/mol. The van der Waals surface area contributed by atoms with E-state index < -0.39 is 0 Å². The molecule has 0 spiro atoms. The Bertz CT molecular complexity index is 190. The van der Waals surface area contributed by atoms with Crippen LogP contribution in [0.1, 0.15) is 26.2 Å². The molecule has 0 saturated heterocycles. The second kappa shape index (κ2) is 7.59. The molecule has 0 aliphatic rings. The van der Waals surface area contributed by atoms with Crippen LogP contribution in [0.2, 0.25) is 0 Å². The van der Waals surface area contributed by atoms with Crippen LogP contribution in [-0.4, -0.2) is 25.2 Å². The maximum absolute atomic E-state index is 4.26. The average molecular weight is 180 g/mol. The van der Waals surface area contributed by atoms with E-state index in [2.05, 4.69) is 24.6 Å². The van der Waals surface area contributed by atoms with Crippen LogP contribution in [0.15, 0.2) is 29.5 Å². The number of hydrogen-bond donors (Lipinski definition) is 0. The minimum atomic E-state index is 1.01. The molecule has 74 valence electrons. The molecule has 0 aromatic rings. The van der Waals surface area contributed by atoms with Crippen LogP contribution in [0.5, 0.6) is 0 Å². The topological polar surface area (TPSA) is 15.6 Å². The minimum absolute atomic E-state index is 1.01. The number of unbranched alkanes of at least 4 members (excludes halogenated alkanes) is 2. The highest BCUT2D eigenvalue weighted by Gasteiger charge is 1.93. The first kappa shape index (κ1) is 11.9. The molecule has 2 heteroatoms. The Balaban J connectivity index is 4.14. The van der Waals surface area contributed by atoms with Gasteiger partial charge in [0.2, 0.25) is 0 Å². The van der Waals surface area contributed by atoms with E-state index in [1.807, 2.05) is 19.0 Å². The van der Waals surface area contributed by atoms with Gasteiger partial charge in [0.15, 0.2) is 0 Å². The van der Waals surface area contributed by atoms with Gasteiger partial charge in [-0.15, -0.1) is 0 Å². The van der Waals surface area contributed by atoms with Crippen molar-refractivity contribution in [1.29, 1.82) is 0 Å². The second-order valence-electron chi connectivity index (χ2n) is 3.11. The van der Waals surface area contributed by atoms with Crippen LogP contribution in [0.25, 0.3) is 0 Å². The van der Waals surface area contributed by atoms with Crippen molar-refractivity contribution in [3.8, 4) is 0 Å². The van der Waals surface area contributed by atoms with Gasteiger partial charge in [-0.2, -0.15) is 0 Å². The summed E-state index contributed by atoms with van der Waals surface area (Å²) in [5.41, 5.74) is 0. The fraction of sp³-hybridized carbons (Fsp3) is 0.545. The lowest BCUT2D eigenvalue weighted by molar-refractivity contribution is 0.503. The highest BCUT2D eigenvalue weighted by atomic mass is 15.2. The Morgan fingerprint density at radius 1 is 1.46 bits per heavy atom. The van der Waals surface area contributed by atoms with Crippen molar-refractivity contribution in [1.82, 2.24) is 4.90 Å². The van der Waals surface area contributed by atoms with Crippen LogP contribution >= 0.6 is 0 Å². The van der Waals surface area contributed by atoms with Crippen molar-refractivity contribution < 1.29 is 0 Å². The standard InChI is InChI=1S/C11H20N2/c1-5-7-8-9-11(13(3)4)12-10-6-2/h6,9-10H,2,5,7-8H2,1,3-4H3/b11-9+,12-10?. The van der Waals surface area contributed by atoms with Crippen molar-refractivity contribution in [2.24, 2.45) is 4.99 Å². The van der Waals surface area contributed by atoms with E-state index in [0.29, 0.717) is 0 Å². The molecule has 0 amide bonds. The van der Waals surface area contributed by atoms with Gasteiger partial charge in [0, 0.05) is 20.3 Å². The number of aliphatic imine (C=N–C) groups is 1. The molecule has 0 bridgehead atoms. The van der Waals surface area contributed by atoms with Crippen LogP contribution in [0.3, 0.4) is 0 Å². The molecule has 0 aromatic carbocycles. The number of hydrogen-bond acceptors (Lipinski definition) is 2. The monoisotopic (exact) mass is 180 g/mol. The van der Waals surface area contributed by atoms with Crippen molar-refractivity contribution in [3.63, 3.8) is 0 Å². The van der Waals surface area contributed by atoms with Crippen molar-refractivity contribution in [3.05, 3.63) is 24.6 Å². The first-order valence-electron chi connectivity index (χ1n) is 4.75. The summed E-state index contributed by atoms with van der Waals surface area (Å²) >= 11 is 0. The molecule has 0 aromatic heterocycles. The summed E-state index contributed by atoms with van der Waals surface area (Å²) < 4.78 is 0. The van der Waals surface area contributed by atoms with E-state index in [0.717, 1.165) is 12.2 Å². The largest absolute Gasteiger partial charge is 0.363 e. The zero-order valence-electron chi connectivity index (χ0n) is 8.95. The van der Waals surface area contributed by atoms with Crippen molar-refractivity contribution in [2.75, 3.05) is 14.1 Å². The van der Waals surface area contributed by atoms with E-state index in [4.69, 9.17) is 0 Å². The second-order valence-corrected chi connectivity index (χ2v) is 3.11. The lowest BCUT2D eigenvalue weighted by atomic mass is 10.2. The van der Waals surface area contributed by atoms with E-state index in [1.165, 1.54) is 12.8 Å². The SMILES string of the molecule is C=CC=N/C(=C\CCCC)N(C)C. The normalized spacial score (nSPS) is 12.1. The lowest BCUT2D eigenvalue weighted by Crippen LogP contribution is -2.09. The Morgan fingerprint density at radius 2 is 2.15 bits per heavy atom. The molecular formula is C11H20N2. The summed E-state index contributed by atoms with van der Waals surface area (Å²) in [5.74, 6) is 1.01. The van der Waals surface area contributed by atoms with Gasteiger partial charge in [-0.1, -0.05) is 26.0 Å². The first-order valence-corrected chi connectivity index (χ1v) is 4.75. The quantitative estimate of drug-likeness (QED) is 0.453. The summed E-state index contributed by atoms with van der Waals surface area (Å²) in [6, 6.07) is 0. The number of nitrogens with zero attached hydrogens (tertiary/aromatic N) is 2. The summed E-state index contributed by atoms with van der Waals surface area (Å²) in [6.45, 7) is 5.78. The fourth-order valence-electron chi connectivity index (χ4n) is 0.915. The fourth-order valence-corrected chi connectivity index (χ4v) is 0.915. The zero-order valence-corrected chi connectivity index (χ0v) is 8.95. The molecule has 0 rings (SSSR count). The van der Waals surface area contributed by atoms with Crippen LogP contribution < -0.4 is 0 Å². The first-order chi connectivity index (χ1) is 6.22. The van der Waals surface area contributed by atoms with E-state index in [9.17, 15) is 0 Å². The van der Waals surface area contributed by atoms with E-state index in [1.54, 1.807) is 12.3 Å². The third-order valence-corrected chi connectivity index (χ3v) is 1.66. The van der Waals surface area contributed by atoms with Gasteiger partial charge in [0.1, 0.15) is 5.82 Å². The van der Waals surface area contributed by atoms with E-state index in [-0.39, 0.29) is 0 Å². The Hall–Kier alpha value is -1.05. The molecule has 0 aliphatic carbocycles. The molecule has 0 saturated carbocycles. The molecule has 2 nitrogen and oxygen atoms in total. The minimum Gasteiger partial charge on any atom is -0.363 e. The zero-order chi connectivity index (χ0) is 10.1. The molecule has 13 heavy (non-hydrogen) atoms. The third kappa shape index (κ3) is 6.14. The molecule has 0 atom stereocenters. The molecule has 0 unspecified atom stereocenters. The smallest absolute Gasteiger partial charge is 0.123 e. The van der Waals surface area contributed by atoms with Crippen molar-refractivity contribution in [2.45, 2.75) is 26.2 Å². The van der Waals surface area contributed by atoms with Gasteiger partial charge in [-0.3, -0.25) is 0 Å². The summed E-state index contributed by atoms with van der Waals surface area (Å²) in [4.78, 5) is 6.27. The van der Waals surface area contributed by atoms with Crippen molar-refractivity contribution >= 4 is 6.21 Å². The van der Waals surface area contributed by atoms with Crippen LogP contribution in [0, 0.1) is 0 Å². The number of rotatable bonds is 6. The number of allylic oxidation sites excluding steroid dienone is 2.